The molecule has 9 nitrogen and oxygen atoms in total. The molecule has 6 N–H and O–H groups in total. The molecule has 12 atom stereocenters. The van der Waals surface area contributed by atoms with Crippen molar-refractivity contribution in [1.29, 1.82) is 0 Å². The molecule has 0 unspecified atom stereocenters. The largest absolute Gasteiger partial charge is 0.462 e. The van der Waals surface area contributed by atoms with Crippen molar-refractivity contribution in [3.05, 3.63) is 42.5 Å². The van der Waals surface area contributed by atoms with Gasteiger partial charge in [-0.2, -0.15) is 0 Å². The number of hydrogen-bond donors (Lipinski definition) is 6. The molecule has 268 valence electrons. The Balaban J connectivity index is 1.46. The molecular formula is C39H58O9. The standard InChI is InChI=1S/C39H58O9/c1-4-7-26-13-18-30(19-14-26)47-37-39(45)24-31(28-15-17-29-16-12-27(11-10-25(2)3)22-38(29,44)23-28)32(41)8-6-21-46-33(9-5-20-40)35(48-37)34(42)36(39)43/h4,13-14,18-19,25,27-29,31-37,40-45H,1,5,7-12,15-17,20,22-24H2,2-3H3/t27-,28-,29+,31-,32+,33+,34-,35-,36+,37+,38+,39-/m1/s1. The van der Waals surface area contributed by atoms with Crippen molar-refractivity contribution in [3.8, 4) is 17.8 Å². The van der Waals surface area contributed by atoms with E-state index in [9.17, 15) is 30.6 Å². The number of aliphatic hydroxyl groups excluding tert-OH is 4. The Bertz CT molecular complexity index is 1240. The van der Waals surface area contributed by atoms with Crippen LogP contribution in [0, 0.1) is 41.6 Å². The van der Waals surface area contributed by atoms with Gasteiger partial charge in [0, 0.05) is 13.0 Å². The zero-order valence-electron chi connectivity index (χ0n) is 28.8. The predicted molar refractivity (Wildman–Crippen MR) is 181 cm³/mol. The second kappa shape index (κ2) is 16.2. The average Bonchev–Trinajstić information content (AvgIpc) is 3.06. The third-order valence-electron chi connectivity index (χ3n) is 11.7. The van der Waals surface area contributed by atoms with Gasteiger partial charge in [0.25, 0.3) is 0 Å². The van der Waals surface area contributed by atoms with Gasteiger partial charge < -0.3 is 44.8 Å². The number of fused-ring (bicyclic) bond motifs is 9. The summed E-state index contributed by atoms with van der Waals surface area (Å²) < 4.78 is 18.5. The lowest BCUT2D eigenvalue weighted by molar-refractivity contribution is -0.334. The van der Waals surface area contributed by atoms with Gasteiger partial charge in [0.1, 0.15) is 36.3 Å². The molecule has 6 rings (SSSR count). The van der Waals surface area contributed by atoms with Crippen LogP contribution in [-0.4, -0.2) is 85.3 Å². The molecule has 1 aromatic rings. The lowest BCUT2D eigenvalue weighted by atomic mass is 9.58. The van der Waals surface area contributed by atoms with Crippen molar-refractivity contribution in [2.24, 2.45) is 29.6 Å². The van der Waals surface area contributed by atoms with Crippen molar-refractivity contribution in [1.82, 2.24) is 0 Å². The van der Waals surface area contributed by atoms with E-state index >= 15 is 0 Å². The lowest BCUT2D eigenvalue weighted by Crippen LogP contribution is -2.70. The molecule has 0 aromatic heterocycles. The van der Waals surface area contributed by atoms with Gasteiger partial charge in [0.15, 0.2) is 5.60 Å². The first kappa shape index (κ1) is 37.1. The number of rotatable bonds is 11. The van der Waals surface area contributed by atoms with E-state index in [-0.39, 0.29) is 37.7 Å². The maximum Gasteiger partial charge on any atom is 0.232 e. The van der Waals surface area contributed by atoms with Crippen LogP contribution in [0.5, 0.6) is 5.75 Å². The van der Waals surface area contributed by atoms with Crippen LogP contribution in [0.25, 0.3) is 0 Å². The first-order valence-electron chi connectivity index (χ1n) is 18.2. The summed E-state index contributed by atoms with van der Waals surface area (Å²) in [6.07, 6.45) is 5.17. The van der Waals surface area contributed by atoms with E-state index in [4.69, 9.17) is 14.2 Å². The first-order valence-corrected chi connectivity index (χ1v) is 18.2. The van der Waals surface area contributed by atoms with E-state index in [2.05, 4.69) is 32.5 Å². The Kier molecular flexibility index (Phi) is 12.6. The van der Waals surface area contributed by atoms with Crippen LogP contribution < -0.4 is 4.74 Å². The van der Waals surface area contributed by atoms with Crippen LogP contribution >= 0.6 is 0 Å². The Labute approximate surface area is 286 Å². The molecule has 2 aliphatic carbocycles. The van der Waals surface area contributed by atoms with Gasteiger partial charge >= 0.3 is 0 Å². The summed E-state index contributed by atoms with van der Waals surface area (Å²) in [6.45, 7) is 8.13. The maximum atomic E-state index is 12.5. The highest BCUT2D eigenvalue weighted by Crippen LogP contribution is 2.52. The topological polar surface area (TPSA) is 149 Å². The molecule has 3 heterocycles. The average molecular weight is 671 g/mol. The molecule has 1 saturated heterocycles. The summed E-state index contributed by atoms with van der Waals surface area (Å²) in [5.41, 5.74) is -1.96. The lowest BCUT2D eigenvalue weighted by Gasteiger charge is -2.53. The molecule has 2 bridgehead atoms. The van der Waals surface area contributed by atoms with E-state index in [1.54, 1.807) is 18.2 Å². The number of ether oxygens (including phenoxy) is 3. The summed E-state index contributed by atoms with van der Waals surface area (Å²) in [4.78, 5) is 0. The van der Waals surface area contributed by atoms with Crippen LogP contribution in [0.4, 0.5) is 0 Å². The van der Waals surface area contributed by atoms with Crippen molar-refractivity contribution in [2.75, 3.05) is 6.61 Å². The normalized spacial score (nSPS) is 40.0. The quantitative estimate of drug-likeness (QED) is 0.150. The highest BCUT2D eigenvalue weighted by atomic mass is 16.7. The SMILES string of the molecule is C=CCc1ccc(O[C@H]2O[C@H]3[C@@H](O)[C@H](O)[C@]2(O)C[C@H]([C@@H]2CC[C@@H]4CC[C@@H](CCC(C)C)C[C@]4(O)C2)[C@@H](O)CC#CO[C@H]3CCCO)cc1. The van der Waals surface area contributed by atoms with Gasteiger partial charge in [0.05, 0.1) is 11.7 Å². The van der Waals surface area contributed by atoms with E-state index in [1.807, 2.05) is 12.1 Å². The smallest absolute Gasteiger partial charge is 0.232 e. The molecule has 2 saturated carbocycles. The Morgan fingerprint density at radius 2 is 1.77 bits per heavy atom. The minimum Gasteiger partial charge on any atom is -0.462 e. The molecule has 9 heteroatoms. The van der Waals surface area contributed by atoms with Gasteiger partial charge in [-0.05, 0) is 111 Å². The molecular weight excluding hydrogens is 612 g/mol. The van der Waals surface area contributed by atoms with Crippen molar-refractivity contribution in [2.45, 2.75) is 145 Å². The monoisotopic (exact) mass is 670 g/mol. The van der Waals surface area contributed by atoms with Gasteiger partial charge in [-0.15, -0.1) is 6.58 Å². The van der Waals surface area contributed by atoms with Crippen molar-refractivity contribution < 1.29 is 44.8 Å². The van der Waals surface area contributed by atoms with E-state index < -0.39 is 53.9 Å². The number of aliphatic hydroxyl groups is 6. The minimum atomic E-state index is -2.12. The summed E-state index contributed by atoms with van der Waals surface area (Å²) in [5.74, 6) is 3.83. The zero-order chi connectivity index (χ0) is 34.5. The molecule has 0 radical (unpaired) electrons. The zero-order valence-corrected chi connectivity index (χ0v) is 28.8. The third kappa shape index (κ3) is 8.40. The fourth-order valence-electron chi connectivity index (χ4n) is 8.89. The highest BCUT2D eigenvalue weighted by Gasteiger charge is 2.60. The first-order chi connectivity index (χ1) is 23.0. The van der Waals surface area contributed by atoms with Gasteiger partial charge in [-0.1, -0.05) is 50.8 Å². The Morgan fingerprint density at radius 1 is 1.02 bits per heavy atom. The molecule has 3 aliphatic heterocycles. The fourth-order valence-corrected chi connectivity index (χ4v) is 8.89. The Morgan fingerprint density at radius 3 is 2.48 bits per heavy atom. The van der Waals surface area contributed by atoms with Crippen LogP contribution in [0.3, 0.4) is 0 Å². The van der Waals surface area contributed by atoms with Crippen molar-refractivity contribution in [3.63, 3.8) is 0 Å². The minimum absolute atomic E-state index is 0.0727. The second-order valence-corrected chi connectivity index (χ2v) is 15.5. The summed E-state index contributed by atoms with van der Waals surface area (Å²) >= 11 is 0. The number of hydrogen-bond acceptors (Lipinski definition) is 9. The van der Waals surface area contributed by atoms with Crippen LogP contribution in [0.2, 0.25) is 0 Å². The predicted octanol–water partition coefficient (Wildman–Crippen LogP) is 4.24. The molecule has 0 amide bonds. The van der Waals surface area contributed by atoms with Crippen LogP contribution in [0.15, 0.2) is 36.9 Å². The molecule has 0 spiro atoms. The second-order valence-electron chi connectivity index (χ2n) is 15.5. The van der Waals surface area contributed by atoms with E-state index in [0.717, 1.165) is 50.5 Å². The summed E-state index contributed by atoms with van der Waals surface area (Å²) in [5, 5.41) is 69.1. The molecule has 1 aromatic carbocycles. The molecule has 48 heavy (non-hydrogen) atoms. The van der Waals surface area contributed by atoms with Crippen LogP contribution in [-0.2, 0) is 15.9 Å². The maximum absolute atomic E-state index is 12.5. The summed E-state index contributed by atoms with van der Waals surface area (Å²) in [6, 6.07) is 7.27. The highest BCUT2D eigenvalue weighted by molar-refractivity contribution is 5.29. The number of allylic oxidation sites excluding steroid dienone is 1. The van der Waals surface area contributed by atoms with Gasteiger partial charge in [0.2, 0.25) is 6.29 Å². The van der Waals surface area contributed by atoms with Crippen LogP contribution in [0.1, 0.15) is 96.5 Å². The summed E-state index contributed by atoms with van der Waals surface area (Å²) in [7, 11) is 0. The van der Waals surface area contributed by atoms with E-state index in [0.29, 0.717) is 36.8 Å². The molecule has 5 aliphatic rings. The van der Waals surface area contributed by atoms with Gasteiger partial charge in [-0.25, -0.2) is 0 Å². The number of benzene rings is 1. The Hall–Kier alpha value is -2.16. The fraction of sp³-hybridized carbons (Fsp3) is 0.744. The van der Waals surface area contributed by atoms with Crippen molar-refractivity contribution >= 4 is 0 Å². The van der Waals surface area contributed by atoms with Gasteiger partial charge in [-0.3, -0.25) is 0 Å². The van der Waals surface area contributed by atoms with E-state index in [1.165, 1.54) is 0 Å². The third-order valence-corrected chi connectivity index (χ3v) is 11.7. The molecule has 3 fully saturated rings.